The van der Waals surface area contributed by atoms with Gasteiger partial charge < -0.3 is 4.42 Å². The average molecular weight is 148 g/mol. The predicted molar refractivity (Wildman–Crippen MR) is 45.2 cm³/mol. The predicted octanol–water partition coefficient (Wildman–Crippen LogP) is 1.13. The maximum Gasteiger partial charge on any atom is 0.129 e. The molecule has 0 saturated carbocycles. The zero-order chi connectivity index (χ0) is 7.84. The van der Waals surface area contributed by atoms with Gasteiger partial charge in [0.1, 0.15) is 5.42 Å². The Morgan fingerprint density at radius 2 is 1.91 bits per heavy atom. The van der Waals surface area contributed by atoms with Gasteiger partial charge in [0.25, 0.3) is 0 Å². The van der Waals surface area contributed by atoms with E-state index in [-0.39, 0.29) is 0 Å². The molecule has 1 heteroatoms. The normalized spacial score (nSPS) is 28.5. The van der Waals surface area contributed by atoms with Crippen LogP contribution in [0.3, 0.4) is 0 Å². The lowest BCUT2D eigenvalue weighted by Crippen LogP contribution is -2.27. The highest BCUT2D eigenvalue weighted by Gasteiger charge is 2.10. The fraction of sp³-hybridized carbons (Fsp3) is 0.400. The number of hydrogen-bond donors (Lipinski definition) is 0. The van der Waals surface area contributed by atoms with E-state index >= 15 is 0 Å². The summed E-state index contributed by atoms with van der Waals surface area (Å²) in [5.41, 5.74) is 1.04. The molecule has 0 aliphatic heterocycles. The zero-order valence-corrected chi connectivity index (χ0v) is 6.87. The SMILES string of the molecule is CC1C=c2ccoc2=CC1C. The minimum absolute atomic E-state index is 0.605. The fourth-order valence-electron chi connectivity index (χ4n) is 1.43. The standard InChI is InChI=1S/C10H12O/c1-7-5-9-3-4-11-10(9)6-8(7)2/h3-8H,1-2H3. The summed E-state index contributed by atoms with van der Waals surface area (Å²) in [6.45, 7) is 4.45. The molecule has 1 aromatic rings. The highest BCUT2D eigenvalue weighted by Crippen LogP contribution is 2.14. The van der Waals surface area contributed by atoms with E-state index in [9.17, 15) is 0 Å². The third-order valence-electron chi connectivity index (χ3n) is 2.41. The van der Waals surface area contributed by atoms with Crippen LogP contribution in [0.4, 0.5) is 0 Å². The van der Waals surface area contributed by atoms with Crippen LogP contribution in [0.2, 0.25) is 0 Å². The molecule has 0 bridgehead atoms. The first-order valence-corrected chi connectivity index (χ1v) is 4.04. The van der Waals surface area contributed by atoms with E-state index in [0.717, 1.165) is 5.42 Å². The molecule has 0 N–H and O–H groups in total. The van der Waals surface area contributed by atoms with E-state index in [1.807, 2.05) is 6.07 Å². The number of rotatable bonds is 0. The van der Waals surface area contributed by atoms with Crippen LogP contribution in [0, 0.1) is 11.8 Å². The Morgan fingerprint density at radius 3 is 2.73 bits per heavy atom. The van der Waals surface area contributed by atoms with Crippen molar-refractivity contribution < 1.29 is 4.42 Å². The Kier molecular flexibility index (Phi) is 1.38. The van der Waals surface area contributed by atoms with Gasteiger partial charge in [-0.3, -0.25) is 0 Å². The zero-order valence-electron chi connectivity index (χ0n) is 6.87. The molecule has 0 radical (unpaired) electrons. The molecular formula is C10H12O. The molecule has 1 heterocycles. The van der Waals surface area contributed by atoms with Gasteiger partial charge in [0.05, 0.1) is 6.26 Å². The van der Waals surface area contributed by atoms with Crippen molar-refractivity contribution in [2.75, 3.05) is 0 Å². The summed E-state index contributed by atoms with van der Waals surface area (Å²) in [6, 6.07) is 2.02. The Hall–Kier alpha value is -0.980. The third kappa shape index (κ3) is 1.01. The summed E-state index contributed by atoms with van der Waals surface area (Å²) >= 11 is 0. The van der Waals surface area contributed by atoms with Crippen molar-refractivity contribution in [1.82, 2.24) is 0 Å². The van der Waals surface area contributed by atoms with Gasteiger partial charge in [0.15, 0.2) is 0 Å². The largest absolute Gasteiger partial charge is 0.465 e. The average Bonchev–Trinajstić information content (AvgIpc) is 2.36. The Labute approximate surface area is 66.0 Å². The quantitative estimate of drug-likeness (QED) is 0.537. The van der Waals surface area contributed by atoms with Gasteiger partial charge in [-0.15, -0.1) is 0 Å². The van der Waals surface area contributed by atoms with Crippen LogP contribution >= 0.6 is 0 Å². The molecule has 1 aliphatic carbocycles. The summed E-state index contributed by atoms with van der Waals surface area (Å²) in [5, 5.41) is 1.25. The second-order valence-corrected chi connectivity index (χ2v) is 3.29. The van der Waals surface area contributed by atoms with Crippen LogP contribution in [0.5, 0.6) is 0 Å². The molecule has 1 aromatic heterocycles. The Morgan fingerprint density at radius 1 is 1.18 bits per heavy atom. The lowest BCUT2D eigenvalue weighted by Gasteiger charge is -2.13. The molecule has 0 saturated heterocycles. The molecule has 2 atom stereocenters. The van der Waals surface area contributed by atoms with Crippen LogP contribution in [-0.2, 0) is 0 Å². The van der Waals surface area contributed by atoms with Gasteiger partial charge >= 0.3 is 0 Å². The summed E-state index contributed by atoms with van der Waals surface area (Å²) < 4.78 is 5.29. The van der Waals surface area contributed by atoms with Crippen molar-refractivity contribution in [2.45, 2.75) is 13.8 Å². The van der Waals surface area contributed by atoms with E-state index in [4.69, 9.17) is 4.42 Å². The van der Waals surface area contributed by atoms with Gasteiger partial charge in [-0.05, 0) is 24.0 Å². The van der Waals surface area contributed by atoms with Gasteiger partial charge in [0.2, 0.25) is 0 Å². The van der Waals surface area contributed by atoms with Crippen LogP contribution in [-0.4, -0.2) is 0 Å². The maximum atomic E-state index is 5.29. The lowest BCUT2D eigenvalue weighted by molar-refractivity contribution is 0.511. The van der Waals surface area contributed by atoms with Gasteiger partial charge in [-0.2, -0.15) is 0 Å². The molecule has 2 rings (SSSR count). The maximum absolute atomic E-state index is 5.29. The smallest absolute Gasteiger partial charge is 0.129 e. The van der Waals surface area contributed by atoms with Crippen molar-refractivity contribution in [2.24, 2.45) is 11.8 Å². The number of furan rings is 1. The number of fused-ring (bicyclic) bond motifs is 1. The highest BCUT2D eigenvalue weighted by molar-refractivity contribution is 5.39. The molecule has 1 aliphatic rings. The van der Waals surface area contributed by atoms with Crippen LogP contribution in [0.1, 0.15) is 13.8 Å². The molecule has 0 fully saturated rings. The summed E-state index contributed by atoms with van der Waals surface area (Å²) in [6.07, 6.45) is 6.21. The molecule has 2 unspecified atom stereocenters. The van der Waals surface area contributed by atoms with E-state index in [1.54, 1.807) is 6.26 Å². The van der Waals surface area contributed by atoms with Gasteiger partial charge in [-0.1, -0.05) is 19.9 Å². The van der Waals surface area contributed by atoms with Crippen molar-refractivity contribution in [3.8, 4) is 0 Å². The molecule has 0 aromatic carbocycles. The third-order valence-corrected chi connectivity index (χ3v) is 2.41. The van der Waals surface area contributed by atoms with Crippen molar-refractivity contribution in [1.29, 1.82) is 0 Å². The van der Waals surface area contributed by atoms with Crippen molar-refractivity contribution >= 4 is 12.2 Å². The van der Waals surface area contributed by atoms with E-state index in [1.165, 1.54) is 5.22 Å². The summed E-state index contributed by atoms with van der Waals surface area (Å²) in [5.74, 6) is 1.24. The highest BCUT2D eigenvalue weighted by atomic mass is 16.3. The molecule has 0 amide bonds. The van der Waals surface area contributed by atoms with E-state index in [2.05, 4.69) is 26.0 Å². The molecular weight excluding hydrogens is 136 g/mol. The first kappa shape index (κ1) is 6.71. The summed E-state index contributed by atoms with van der Waals surface area (Å²) in [4.78, 5) is 0. The summed E-state index contributed by atoms with van der Waals surface area (Å²) in [7, 11) is 0. The lowest BCUT2D eigenvalue weighted by atomic mass is 9.92. The van der Waals surface area contributed by atoms with Gasteiger partial charge in [-0.25, -0.2) is 0 Å². The minimum atomic E-state index is 0.605. The van der Waals surface area contributed by atoms with E-state index < -0.39 is 0 Å². The topological polar surface area (TPSA) is 13.1 Å². The van der Waals surface area contributed by atoms with Crippen LogP contribution in [0.15, 0.2) is 16.7 Å². The number of hydrogen-bond acceptors (Lipinski definition) is 1. The van der Waals surface area contributed by atoms with Crippen LogP contribution in [0.25, 0.3) is 12.2 Å². The molecule has 1 nitrogen and oxygen atoms in total. The minimum Gasteiger partial charge on any atom is -0.465 e. The molecule has 11 heavy (non-hydrogen) atoms. The van der Waals surface area contributed by atoms with Crippen LogP contribution < -0.4 is 10.6 Å². The van der Waals surface area contributed by atoms with E-state index in [0.29, 0.717) is 11.8 Å². The van der Waals surface area contributed by atoms with Crippen molar-refractivity contribution in [3.05, 3.63) is 23.0 Å². The van der Waals surface area contributed by atoms with Crippen molar-refractivity contribution in [3.63, 3.8) is 0 Å². The molecule has 0 spiro atoms. The molecule has 58 valence electrons. The monoisotopic (exact) mass is 148 g/mol. The second-order valence-electron chi connectivity index (χ2n) is 3.29. The Balaban J connectivity index is 2.69. The first-order chi connectivity index (χ1) is 5.27. The Bertz CT molecular complexity index is 324. The fourth-order valence-corrected chi connectivity index (χ4v) is 1.43. The van der Waals surface area contributed by atoms with Gasteiger partial charge in [0, 0.05) is 5.22 Å². The second kappa shape index (κ2) is 2.26. The first-order valence-electron chi connectivity index (χ1n) is 4.04.